The van der Waals surface area contributed by atoms with E-state index in [1.54, 1.807) is 0 Å². The monoisotopic (exact) mass is 546 g/mol. The number of carboxylic acid groups (broad SMARTS) is 1. The topological polar surface area (TPSA) is 96.7 Å². The average Bonchev–Trinajstić information content (AvgIpc) is 3.30. The van der Waals surface area contributed by atoms with Crippen LogP contribution in [0, 0.1) is 30.6 Å². The lowest BCUT2D eigenvalue weighted by molar-refractivity contribution is -0.142. The molecule has 9 atom stereocenters. The highest BCUT2D eigenvalue weighted by Gasteiger charge is 2.51. The summed E-state index contributed by atoms with van der Waals surface area (Å²) in [6.45, 7) is 7.52. The molecule has 212 valence electrons. The lowest BCUT2D eigenvalue weighted by atomic mass is 9.68. The molecule has 9 heteroatoms. The normalized spacial score (nSPS) is 37.2. The number of nitrogens with zero attached hydrogens (tertiary/aromatic N) is 3. The third kappa shape index (κ3) is 5.58. The summed E-state index contributed by atoms with van der Waals surface area (Å²) >= 11 is 1.85. The van der Waals surface area contributed by atoms with Crippen molar-refractivity contribution < 1.29 is 14.6 Å². The highest BCUT2D eigenvalue weighted by Crippen LogP contribution is 2.48. The van der Waals surface area contributed by atoms with Crippen LogP contribution in [0.3, 0.4) is 0 Å². The Morgan fingerprint density at radius 3 is 2.74 bits per heavy atom. The molecule has 0 bridgehead atoms. The van der Waals surface area contributed by atoms with E-state index in [2.05, 4.69) is 38.2 Å². The zero-order chi connectivity index (χ0) is 27.1. The van der Waals surface area contributed by atoms with Gasteiger partial charge in [0.25, 0.3) is 5.56 Å². The SMILES string of the molecule is Cc1nc2c(c(=O)n1CCOC1CCC(C)CC1C1CC(C)NC3C(C(=O)O)CSC13)C[C@@H](N(C)C)CC2. The molecule has 2 saturated heterocycles. The molecule has 2 N–H and O–H groups in total. The van der Waals surface area contributed by atoms with Crippen LogP contribution in [0.15, 0.2) is 4.79 Å². The molecule has 8 unspecified atom stereocenters. The molecule has 0 radical (unpaired) electrons. The van der Waals surface area contributed by atoms with Gasteiger partial charge in [-0.3, -0.25) is 14.2 Å². The lowest BCUT2D eigenvalue weighted by Crippen LogP contribution is -2.57. The van der Waals surface area contributed by atoms with Gasteiger partial charge in [0.15, 0.2) is 0 Å². The standard InChI is InChI=1S/C29H46N4O4S/c1-16-6-9-25(20(12-16)21-13-17(2)30-26-23(29(35)36)15-38-27(21)26)37-11-10-33-18(3)31-24-8-7-19(32(4)5)14-22(24)28(33)34/h16-17,19-21,23,25-27,30H,6-15H2,1-5H3,(H,35,36)/t16?,17?,19-,20?,21?,23?,25?,26?,27?/m0/s1. The Kier molecular flexibility index (Phi) is 8.58. The fraction of sp³-hybridized carbons (Fsp3) is 0.828. The van der Waals surface area contributed by atoms with Gasteiger partial charge in [-0.25, -0.2) is 4.98 Å². The number of ether oxygens (including phenoxy) is 1. The Balaban J connectivity index is 1.29. The molecular weight excluding hydrogens is 500 g/mol. The molecule has 0 amide bonds. The van der Waals surface area contributed by atoms with E-state index in [-0.39, 0.29) is 23.6 Å². The number of aryl methyl sites for hydroxylation is 2. The number of rotatable bonds is 7. The van der Waals surface area contributed by atoms with Gasteiger partial charge in [-0.05, 0) is 90.6 Å². The third-order valence-electron chi connectivity index (χ3n) is 9.81. The van der Waals surface area contributed by atoms with Crippen molar-refractivity contribution in [2.75, 3.05) is 26.5 Å². The van der Waals surface area contributed by atoms with Crippen LogP contribution in [0.4, 0.5) is 0 Å². The molecule has 1 saturated carbocycles. The molecule has 2 aliphatic carbocycles. The number of aromatic nitrogens is 2. The number of thioether (sulfide) groups is 1. The largest absolute Gasteiger partial charge is 0.481 e. The van der Waals surface area contributed by atoms with Gasteiger partial charge in [0, 0.05) is 34.7 Å². The maximum absolute atomic E-state index is 13.5. The Morgan fingerprint density at radius 1 is 1.21 bits per heavy atom. The van der Waals surface area contributed by atoms with Crippen LogP contribution in [0.1, 0.15) is 63.0 Å². The first kappa shape index (κ1) is 28.1. The minimum atomic E-state index is -0.675. The van der Waals surface area contributed by atoms with E-state index in [0.717, 1.165) is 62.0 Å². The second kappa shape index (κ2) is 11.6. The van der Waals surface area contributed by atoms with Crippen molar-refractivity contribution >= 4 is 17.7 Å². The van der Waals surface area contributed by atoms with Crippen LogP contribution in [0.25, 0.3) is 0 Å². The second-order valence-corrected chi connectivity index (χ2v) is 13.8. The molecule has 0 spiro atoms. The number of fused-ring (bicyclic) bond motifs is 2. The summed E-state index contributed by atoms with van der Waals surface area (Å²) in [5.41, 5.74) is 1.96. The minimum Gasteiger partial charge on any atom is -0.481 e. The fourth-order valence-corrected chi connectivity index (χ4v) is 9.51. The van der Waals surface area contributed by atoms with Crippen molar-refractivity contribution in [1.82, 2.24) is 19.8 Å². The molecule has 1 aromatic heterocycles. The van der Waals surface area contributed by atoms with Crippen LogP contribution in [0.5, 0.6) is 0 Å². The van der Waals surface area contributed by atoms with Crippen molar-refractivity contribution in [2.45, 2.75) is 102 Å². The highest BCUT2D eigenvalue weighted by molar-refractivity contribution is 8.00. The van der Waals surface area contributed by atoms with Crippen LogP contribution in [-0.2, 0) is 28.9 Å². The molecule has 3 fully saturated rings. The molecule has 8 nitrogen and oxygen atoms in total. The number of piperidine rings is 1. The molecule has 2 aliphatic heterocycles. The highest BCUT2D eigenvalue weighted by atomic mass is 32.2. The van der Waals surface area contributed by atoms with Gasteiger partial charge in [-0.1, -0.05) is 6.92 Å². The van der Waals surface area contributed by atoms with Crippen LogP contribution in [-0.4, -0.2) is 81.5 Å². The molecule has 38 heavy (non-hydrogen) atoms. The third-order valence-corrected chi connectivity index (χ3v) is 11.4. The van der Waals surface area contributed by atoms with E-state index in [1.807, 2.05) is 23.3 Å². The van der Waals surface area contributed by atoms with E-state index in [0.29, 0.717) is 54.0 Å². The van der Waals surface area contributed by atoms with E-state index >= 15 is 0 Å². The number of aliphatic carboxylic acids is 1. The predicted molar refractivity (Wildman–Crippen MR) is 151 cm³/mol. The van der Waals surface area contributed by atoms with Crippen LogP contribution in [0.2, 0.25) is 0 Å². The van der Waals surface area contributed by atoms with Crippen molar-refractivity contribution in [1.29, 1.82) is 0 Å². The van der Waals surface area contributed by atoms with Gasteiger partial charge in [0.2, 0.25) is 0 Å². The zero-order valence-electron chi connectivity index (χ0n) is 23.7. The molecule has 5 rings (SSSR count). The van der Waals surface area contributed by atoms with Crippen molar-refractivity contribution in [3.05, 3.63) is 27.4 Å². The summed E-state index contributed by atoms with van der Waals surface area (Å²) in [5, 5.41) is 13.8. The summed E-state index contributed by atoms with van der Waals surface area (Å²) in [7, 11) is 4.17. The predicted octanol–water partition coefficient (Wildman–Crippen LogP) is 2.97. The van der Waals surface area contributed by atoms with Crippen molar-refractivity contribution in [2.24, 2.45) is 23.7 Å². The average molecular weight is 547 g/mol. The fourth-order valence-electron chi connectivity index (χ4n) is 7.70. The van der Waals surface area contributed by atoms with E-state index in [1.165, 1.54) is 0 Å². The molecular formula is C29H46N4O4S. The van der Waals surface area contributed by atoms with Gasteiger partial charge in [-0.15, -0.1) is 0 Å². The van der Waals surface area contributed by atoms with Crippen LogP contribution < -0.4 is 10.9 Å². The lowest BCUT2D eigenvalue weighted by Gasteiger charge is -2.47. The van der Waals surface area contributed by atoms with E-state index in [9.17, 15) is 14.7 Å². The first-order valence-corrected chi connectivity index (χ1v) is 15.7. The molecule has 1 aromatic rings. The number of carbonyl (C=O) groups is 1. The van der Waals surface area contributed by atoms with Crippen molar-refractivity contribution in [3.8, 4) is 0 Å². The quantitative estimate of drug-likeness (QED) is 0.539. The second-order valence-electron chi connectivity index (χ2n) is 12.6. The summed E-state index contributed by atoms with van der Waals surface area (Å²) in [5.74, 6) is 2.03. The van der Waals surface area contributed by atoms with Crippen LogP contribution >= 0.6 is 11.8 Å². The number of likely N-dealkylation sites (N-methyl/N-ethyl adjacent to an activating group) is 1. The Labute approximate surface area is 231 Å². The van der Waals surface area contributed by atoms with Gasteiger partial charge in [-0.2, -0.15) is 11.8 Å². The minimum absolute atomic E-state index is 0.0397. The maximum Gasteiger partial charge on any atom is 0.308 e. The van der Waals surface area contributed by atoms with Gasteiger partial charge in [0.05, 0.1) is 30.9 Å². The smallest absolute Gasteiger partial charge is 0.308 e. The van der Waals surface area contributed by atoms with Gasteiger partial charge >= 0.3 is 5.97 Å². The summed E-state index contributed by atoms with van der Waals surface area (Å²) < 4.78 is 8.45. The first-order chi connectivity index (χ1) is 18.1. The van der Waals surface area contributed by atoms with E-state index < -0.39 is 5.97 Å². The van der Waals surface area contributed by atoms with Gasteiger partial charge in [0.1, 0.15) is 5.82 Å². The number of hydrogen-bond acceptors (Lipinski definition) is 7. The maximum atomic E-state index is 13.5. The Hall–Kier alpha value is -1.42. The van der Waals surface area contributed by atoms with Crippen molar-refractivity contribution in [3.63, 3.8) is 0 Å². The number of carboxylic acids is 1. The van der Waals surface area contributed by atoms with E-state index in [4.69, 9.17) is 9.72 Å². The Bertz CT molecular complexity index is 1080. The molecule has 4 aliphatic rings. The van der Waals surface area contributed by atoms with Gasteiger partial charge < -0.3 is 20.1 Å². The number of hydrogen-bond donors (Lipinski definition) is 2. The first-order valence-electron chi connectivity index (χ1n) is 14.6. The summed E-state index contributed by atoms with van der Waals surface area (Å²) in [6.07, 6.45) is 7.23. The zero-order valence-corrected chi connectivity index (χ0v) is 24.5. The summed E-state index contributed by atoms with van der Waals surface area (Å²) in [4.78, 5) is 32.4. The molecule has 0 aromatic carbocycles. The Morgan fingerprint density at radius 2 is 2.00 bits per heavy atom. The summed E-state index contributed by atoms with van der Waals surface area (Å²) in [6, 6.07) is 0.742. The number of nitrogens with one attached hydrogen (secondary N) is 1. The molecule has 3 heterocycles.